The van der Waals surface area contributed by atoms with E-state index < -0.39 is 0 Å². The van der Waals surface area contributed by atoms with E-state index in [0.29, 0.717) is 10.6 Å². The van der Waals surface area contributed by atoms with Gasteiger partial charge in [-0.05, 0) is 66.5 Å². The molecule has 5 heteroatoms. The maximum absolute atomic E-state index is 12.2. The molecule has 0 aliphatic carbocycles. The Hall–Kier alpha value is -0.580. The molecule has 98 valence electrons. The van der Waals surface area contributed by atoms with Gasteiger partial charge >= 0.3 is 0 Å². The van der Waals surface area contributed by atoms with E-state index in [4.69, 9.17) is 11.6 Å². The summed E-state index contributed by atoms with van der Waals surface area (Å²) in [4.78, 5) is 12.2. The maximum Gasteiger partial charge on any atom is 0.252 e. The van der Waals surface area contributed by atoms with E-state index in [9.17, 15) is 4.79 Å². The highest BCUT2D eigenvalue weighted by molar-refractivity contribution is 9.10. The third-order valence-electron chi connectivity index (χ3n) is 3.08. The summed E-state index contributed by atoms with van der Waals surface area (Å²) >= 11 is 9.30. The SMILES string of the molecule is O=C(NC1CCCNCC1)c1cc(Cl)ccc1Br. The predicted octanol–water partition coefficient (Wildman–Crippen LogP) is 2.97. The maximum atomic E-state index is 12.2. The number of carbonyl (C=O) groups excluding carboxylic acids is 1. The average molecular weight is 332 g/mol. The van der Waals surface area contributed by atoms with Crippen molar-refractivity contribution in [3.05, 3.63) is 33.3 Å². The van der Waals surface area contributed by atoms with Gasteiger partial charge in [-0.15, -0.1) is 0 Å². The highest BCUT2D eigenvalue weighted by atomic mass is 79.9. The van der Waals surface area contributed by atoms with E-state index in [-0.39, 0.29) is 11.9 Å². The van der Waals surface area contributed by atoms with E-state index in [2.05, 4.69) is 26.6 Å². The van der Waals surface area contributed by atoms with Crippen LogP contribution in [0.15, 0.2) is 22.7 Å². The number of hydrogen-bond donors (Lipinski definition) is 2. The Morgan fingerprint density at radius 1 is 1.39 bits per heavy atom. The molecule has 1 amide bonds. The second-order valence-electron chi connectivity index (χ2n) is 4.48. The van der Waals surface area contributed by atoms with Crippen molar-refractivity contribution in [1.29, 1.82) is 0 Å². The van der Waals surface area contributed by atoms with Crippen molar-refractivity contribution < 1.29 is 4.79 Å². The van der Waals surface area contributed by atoms with Crippen molar-refractivity contribution in [2.45, 2.75) is 25.3 Å². The van der Waals surface area contributed by atoms with Crippen molar-refractivity contribution in [3.63, 3.8) is 0 Å². The van der Waals surface area contributed by atoms with Gasteiger partial charge in [0.05, 0.1) is 5.56 Å². The van der Waals surface area contributed by atoms with Crippen LogP contribution in [0.25, 0.3) is 0 Å². The molecule has 2 rings (SSSR count). The molecule has 1 atom stereocenters. The van der Waals surface area contributed by atoms with Crippen LogP contribution in [0.1, 0.15) is 29.6 Å². The number of benzene rings is 1. The van der Waals surface area contributed by atoms with Crippen LogP contribution in [0.4, 0.5) is 0 Å². The first-order valence-corrected chi connectivity index (χ1v) is 7.30. The Morgan fingerprint density at radius 3 is 3.06 bits per heavy atom. The third kappa shape index (κ3) is 3.70. The second kappa shape index (κ2) is 6.55. The van der Waals surface area contributed by atoms with Gasteiger partial charge < -0.3 is 10.6 Å². The van der Waals surface area contributed by atoms with Crippen LogP contribution in [0.2, 0.25) is 5.02 Å². The van der Waals surface area contributed by atoms with Gasteiger partial charge in [-0.25, -0.2) is 0 Å². The minimum atomic E-state index is -0.0590. The van der Waals surface area contributed by atoms with Crippen LogP contribution in [-0.2, 0) is 0 Å². The molecule has 1 unspecified atom stereocenters. The molecule has 18 heavy (non-hydrogen) atoms. The van der Waals surface area contributed by atoms with Crippen LogP contribution < -0.4 is 10.6 Å². The second-order valence-corrected chi connectivity index (χ2v) is 5.77. The lowest BCUT2D eigenvalue weighted by atomic mass is 10.1. The fraction of sp³-hybridized carbons (Fsp3) is 0.462. The topological polar surface area (TPSA) is 41.1 Å². The van der Waals surface area contributed by atoms with Gasteiger partial charge in [0.25, 0.3) is 5.91 Å². The lowest BCUT2D eigenvalue weighted by Crippen LogP contribution is -2.35. The molecule has 1 fully saturated rings. The Bertz CT molecular complexity index is 431. The standard InChI is InChI=1S/C13H16BrClN2O/c14-12-4-3-9(15)8-11(12)13(18)17-10-2-1-6-16-7-5-10/h3-4,8,10,16H,1-2,5-7H2,(H,17,18). The van der Waals surface area contributed by atoms with Crippen LogP contribution in [0.5, 0.6) is 0 Å². The van der Waals surface area contributed by atoms with Gasteiger partial charge in [-0.1, -0.05) is 11.6 Å². The zero-order valence-corrected chi connectivity index (χ0v) is 12.4. The van der Waals surface area contributed by atoms with Crippen molar-refractivity contribution >= 4 is 33.4 Å². The first kappa shape index (κ1) is 13.8. The van der Waals surface area contributed by atoms with Crippen molar-refractivity contribution in [2.75, 3.05) is 13.1 Å². The van der Waals surface area contributed by atoms with Crippen LogP contribution in [0, 0.1) is 0 Å². The summed E-state index contributed by atoms with van der Waals surface area (Å²) in [7, 11) is 0. The summed E-state index contributed by atoms with van der Waals surface area (Å²) in [5.74, 6) is -0.0590. The molecule has 0 spiro atoms. The summed E-state index contributed by atoms with van der Waals surface area (Å²) in [6.45, 7) is 1.99. The molecule has 0 radical (unpaired) electrons. The van der Waals surface area contributed by atoms with E-state index in [0.717, 1.165) is 36.8 Å². The Kier molecular flexibility index (Phi) is 5.03. The molecule has 3 nitrogen and oxygen atoms in total. The molecule has 1 aliphatic rings. The van der Waals surface area contributed by atoms with Gasteiger partial charge in [0.1, 0.15) is 0 Å². The average Bonchev–Trinajstić information content (AvgIpc) is 2.61. The molecule has 0 saturated carbocycles. The van der Waals surface area contributed by atoms with Gasteiger partial charge in [0.15, 0.2) is 0 Å². The normalized spacial score (nSPS) is 20.2. The molecule has 0 bridgehead atoms. The quantitative estimate of drug-likeness (QED) is 0.875. The summed E-state index contributed by atoms with van der Waals surface area (Å²) in [5, 5.41) is 6.98. The predicted molar refractivity (Wildman–Crippen MR) is 77.1 cm³/mol. The fourth-order valence-corrected chi connectivity index (χ4v) is 2.70. The molecule has 1 aromatic rings. The molecule has 2 N–H and O–H groups in total. The third-order valence-corrected chi connectivity index (χ3v) is 4.01. The highest BCUT2D eigenvalue weighted by Gasteiger charge is 2.17. The van der Waals surface area contributed by atoms with Crippen LogP contribution in [0.3, 0.4) is 0 Å². The Balaban J connectivity index is 2.04. The Labute approximate surface area is 120 Å². The van der Waals surface area contributed by atoms with Crippen molar-refractivity contribution in [2.24, 2.45) is 0 Å². The van der Waals surface area contributed by atoms with Gasteiger partial charge in [-0.2, -0.15) is 0 Å². The number of rotatable bonds is 2. The summed E-state index contributed by atoms with van der Waals surface area (Å²) in [6.07, 6.45) is 3.10. The smallest absolute Gasteiger partial charge is 0.252 e. The number of halogens is 2. The zero-order valence-electron chi connectivity index (χ0n) is 10.0. The summed E-state index contributed by atoms with van der Waals surface area (Å²) in [5.41, 5.74) is 0.597. The largest absolute Gasteiger partial charge is 0.349 e. The fourth-order valence-electron chi connectivity index (χ4n) is 2.10. The van der Waals surface area contributed by atoms with Gasteiger partial charge in [0.2, 0.25) is 0 Å². The van der Waals surface area contributed by atoms with E-state index in [1.165, 1.54) is 0 Å². The molecular formula is C13H16BrClN2O. The molecular weight excluding hydrogens is 316 g/mol. The minimum absolute atomic E-state index is 0.0590. The van der Waals surface area contributed by atoms with Crippen molar-refractivity contribution in [1.82, 2.24) is 10.6 Å². The molecule has 1 heterocycles. The molecule has 0 aromatic heterocycles. The summed E-state index contributed by atoms with van der Waals surface area (Å²) in [6, 6.07) is 5.50. The lowest BCUT2D eigenvalue weighted by Gasteiger charge is -2.16. The number of nitrogens with one attached hydrogen (secondary N) is 2. The van der Waals surface area contributed by atoms with Crippen LogP contribution in [-0.4, -0.2) is 25.0 Å². The van der Waals surface area contributed by atoms with Crippen LogP contribution >= 0.6 is 27.5 Å². The first-order valence-electron chi connectivity index (χ1n) is 6.13. The minimum Gasteiger partial charge on any atom is -0.349 e. The molecule has 1 aliphatic heterocycles. The number of amides is 1. The van der Waals surface area contributed by atoms with Crippen molar-refractivity contribution in [3.8, 4) is 0 Å². The Morgan fingerprint density at radius 2 is 2.22 bits per heavy atom. The van der Waals surface area contributed by atoms with E-state index >= 15 is 0 Å². The van der Waals surface area contributed by atoms with Gasteiger partial charge in [-0.3, -0.25) is 4.79 Å². The zero-order chi connectivity index (χ0) is 13.0. The lowest BCUT2D eigenvalue weighted by molar-refractivity contribution is 0.0933. The van der Waals surface area contributed by atoms with E-state index in [1.54, 1.807) is 18.2 Å². The highest BCUT2D eigenvalue weighted by Crippen LogP contribution is 2.21. The van der Waals surface area contributed by atoms with Gasteiger partial charge in [0, 0.05) is 15.5 Å². The van der Waals surface area contributed by atoms with E-state index in [1.807, 2.05) is 0 Å². The summed E-state index contributed by atoms with van der Waals surface area (Å²) < 4.78 is 0.774. The number of carbonyl (C=O) groups is 1. The molecule has 1 saturated heterocycles. The first-order chi connectivity index (χ1) is 8.66. The monoisotopic (exact) mass is 330 g/mol. The number of hydrogen-bond acceptors (Lipinski definition) is 2. The molecule has 1 aromatic carbocycles.